The molecule has 3 heterocycles. The molecule has 2 aliphatic heterocycles. The first-order valence-corrected chi connectivity index (χ1v) is 10.2. The fourth-order valence-electron chi connectivity index (χ4n) is 4.25. The molecule has 1 fully saturated rings. The maximum absolute atomic E-state index is 6.25. The van der Waals surface area contributed by atoms with Crippen molar-refractivity contribution in [3.8, 4) is 5.75 Å². The monoisotopic (exact) mass is 410 g/mol. The van der Waals surface area contributed by atoms with E-state index in [4.69, 9.17) is 25.8 Å². The van der Waals surface area contributed by atoms with Gasteiger partial charge in [-0.25, -0.2) is 0 Å². The molecule has 0 bridgehead atoms. The van der Waals surface area contributed by atoms with Crippen molar-refractivity contribution in [3.05, 3.63) is 77.1 Å². The van der Waals surface area contributed by atoms with Crippen LogP contribution in [0.1, 0.15) is 22.9 Å². The fourth-order valence-corrected chi connectivity index (χ4v) is 4.42. The number of rotatable bonds is 5. The van der Waals surface area contributed by atoms with Crippen LogP contribution in [0.3, 0.4) is 0 Å². The van der Waals surface area contributed by atoms with Gasteiger partial charge >= 0.3 is 0 Å². The predicted octanol–water partition coefficient (Wildman–Crippen LogP) is 4.66. The number of hydrogen-bond donors (Lipinski definition) is 1. The van der Waals surface area contributed by atoms with E-state index in [0.717, 1.165) is 29.3 Å². The molecule has 0 aliphatic carbocycles. The molecule has 2 aliphatic rings. The van der Waals surface area contributed by atoms with E-state index in [1.54, 1.807) is 0 Å². The summed E-state index contributed by atoms with van der Waals surface area (Å²) in [4.78, 5) is 5.89. The van der Waals surface area contributed by atoms with E-state index < -0.39 is 0 Å². The topological polar surface area (TPSA) is 46.7 Å². The average Bonchev–Trinajstić information content (AvgIpc) is 3.39. The second-order valence-electron chi connectivity index (χ2n) is 7.33. The SMILES string of the molecule is C=CN1CCc2c([nH]c3ccc(Cl)cc23)C1c1ccc(OCC2OCCO2)cc1. The number of ether oxygens (including phenoxy) is 3. The summed E-state index contributed by atoms with van der Waals surface area (Å²) in [6.45, 7) is 6.60. The summed E-state index contributed by atoms with van der Waals surface area (Å²) in [5.41, 5.74) is 4.84. The molecule has 1 unspecified atom stereocenters. The Kier molecular flexibility index (Phi) is 4.96. The first-order chi connectivity index (χ1) is 14.2. The smallest absolute Gasteiger partial charge is 0.191 e. The van der Waals surface area contributed by atoms with Crippen LogP contribution in [0, 0.1) is 0 Å². The molecule has 2 aromatic carbocycles. The predicted molar refractivity (Wildman–Crippen MR) is 113 cm³/mol. The van der Waals surface area contributed by atoms with Crippen LogP contribution in [0.15, 0.2) is 55.2 Å². The molecule has 0 spiro atoms. The van der Waals surface area contributed by atoms with Gasteiger partial charge in [-0.1, -0.05) is 30.3 Å². The van der Waals surface area contributed by atoms with E-state index in [-0.39, 0.29) is 12.3 Å². The summed E-state index contributed by atoms with van der Waals surface area (Å²) in [5, 5.41) is 1.97. The van der Waals surface area contributed by atoms with Crippen LogP contribution in [-0.4, -0.2) is 42.5 Å². The van der Waals surface area contributed by atoms with Gasteiger partial charge in [0.1, 0.15) is 12.4 Å². The highest BCUT2D eigenvalue weighted by Crippen LogP contribution is 2.39. The largest absolute Gasteiger partial charge is 0.488 e. The van der Waals surface area contributed by atoms with Crippen LogP contribution in [0.25, 0.3) is 10.9 Å². The summed E-state index contributed by atoms with van der Waals surface area (Å²) < 4.78 is 16.6. The Balaban J connectivity index is 1.44. The third-order valence-electron chi connectivity index (χ3n) is 5.63. The van der Waals surface area contributed by atoms with Crippen molar-refractivity contribution in [3.63, 3.8) is 0 Å². The highest BCUT2D eigenvalue weighted by Gasteiger charge is 2.30. The Labute approximate surface area is 174 Å². The molecule has 0 radical (unpaired) electrons. The first-order valence-electron chi connectivity index (χ1n) is 9.87. The van der Waals surface area contributed by atoms with Crippen molar-refractivity contribution < 1.29 is 14.2 Å². The quantitative estimate of drug-likeness (QED) is 0.664. The second-order valence-corrected chi connectivity index (χ2v) is 7.77. The second kappa shape index (κ2) is 7.75. The number of benzene rings is 2. The van der Waals surface area contributed by atoms with Crippen molar-refractivity contribution in [2.45, 2.75) is 18.8 Å². The summed E-state index contributed by atoms with van der Waals surface area (Å²) >= 11 is 6.25. The van der Waals surface area contributed by atoms with Crippen LogP contribution in [-0.2, 0) is 15.9 Å². The van der Waals surface area contributed by atoms with E-state index in [1.807, 2.05) is 24.4 Å². The standard InChI is InChI=1S/C23H23ClN2O3/c1-2-26-10-9-18-19-13-16(24)5-8-20(19)25-22(18)23(26)15-3-6-17(7-4-15)29-14-21-27-11-12-28-21/h2-8,13,21,23,25H,1,9-12,14H2. The molecule has 6 heteroatoms. The third kappa shape index (κ3) is 3.50. The van der Waals surface area contributed by atoms with Crippen molar-refractivity contribution in [1.29, 1.82) is 0 Å². The number of fused-ring (bicyclic) bond motifs is 3. The normalized spacial score (nSPS) is 19.5. The average molecular weight is 411 g/mol. The number of aromatic nitrogens is 1. The van der Waals surface area contributed by atoms with E-state index in [1.165, 1.54) is 22.2 Å². The van der Waals surface area contributed by atoms with Crippen molar-refractivity contribution in [2.75, 3.05) is 26.4 Å². The summed E-state index contributed by atoms with van der Waals surface area (Å²) in [6.07, 6.45) is 2.61. The summed E-state index contributed by atoms with van der Waals surface area (Å²) in [7, 11) is 0. The minimum atomic E-state index is -0.273. The van der Waals surface area contributed by atoms with E-state index >= 15 is 0 Å². The molecule has 1 N–H and O–H groups in total. The third-order valence-corrected chi connectivity index (χ3v) is 5.87. The molecule has 150 valence electrons. The zero-order valence-electron chi connectivity index (χ0n) is 16.1. The number of H-pyrrole nitrogens is 1. The lowest BCUT2D eigenvalue weighted by atomic mass is 9.92. The highest BCUT2D eigenvalue weighted by molar-refractivity contribution is 6.31. The van der Waals surface area contributed by atoms with Crippen molar-refractivity contribution >= 4 is 22.5 Å². The molecular formula is C23H23ClN2O3. The summed E-state index contributed by atoms with van der Waals surface area (Å²) in [5.74, 6) is 0.803. The number of aromatic amines is 1. The minimum absolute atomic E-state index is 0.0815. The maximum atomic E-state index is 6.25. The van der Waals surface area contributed by atoms with E-state index in [0.29, 0.717) is 19.8 Å². The number of nitrogens with zero attached hydrogens (tertiary/aromatic N) is 1. The lowest BCUT2D eigenvalue weighted by molar-refractivity contribution is -0.0684. The Morgan fingerprint density at radius 2 is 1.97 bits per heavy atom. The zero-order chi connectivity index (χ0) is 19.8. The molecule has 5 rings (SSSR count). The van der Waals surface area contributed by atoms with Crippen LogP contribution < -0.4 is 4.74 Å². The van der Waals surface area contributed by atoms with Gasteiger partial charge in [-0.2, -0.15) is 0 Å². The molecule has 0 amide bonds. The number of nitrogens with one attached hydrogen (secondary N) is 1. The molecule has 29 heavy (non-hydrogen) atoms. The highest BCUT2D eigenvalue weighted by atomic mass is 35.5. The van der Waals surface area contributed by atoms with Gasteiger partial charge in [0.15, 0.2) is 6.29 Å². The van der Waals surface area contributed by atoms with Crippen LogP contribution in [0.2, 0.25) is 5.02 Å². The Morgan fingerprint density at radius 1 is 1.17 bits per heavy atom. The molecule has 5 nitrogen and oxygen atoms in total. The Hall–Kier alpha value is -2.47. The van der Waals surface area contributed by atoms with Crippen LogP contribution >= 0.6 is 11.6 Å². The lowest BCUT2D eigenvalue weighted by Crippen LogP contribution is -2.31. The van der Waals surface area contributed by atoms with Gasteiger partial charge < -0.3 is 24.1 Å². The maximum Gasteiger partial charge on any atom is 0.191 e. The van der Waals surface area contributed by atoms with Gasteiger partial charge in [0, 0.05) is 28.2 Å². The van der Waals surface area contributed by atoms with E-state index in [2.05, 4.69) is 40.7 Å². The number of halogens is 1. The molecular weight excluding hydrogens is 388 g/mol. The van der Waals surface area contributed by atoms with Gasteiger partial charge in [-0.3, -0.25) is 0 Å². The van der Waals surface area contributed by atoms with Gasteiger partial charge in [0.05, 0.1) is 19.3 Å². The van der Waals surface area contributed by atoms with Crippen molar-refractivity contribution in [1.82, 2.24) is 9.88 Å². The lowest BCUT2D eigenvalue weighted by Gasteiger charge is -2.35. The molecule has 3 aromatic rings. The van der Waals surface area contributed by atoms with Gasteiger partial charge in [0.25, 0.3) is 0 Å². The van der Waals surface area contributed by atoms with Gasteiger partial charge in [0.2, 0.25) is 0 Å². The van der Waals surface area contributed by atoms with Crippen LogP contribution in [0.5, 0.6) is 5.75 Å². The Bertz CT molecular complexity index is 1020. The molecule has 0 saturated carbocycles. The molecule has 1 aromatic heterocycles. The Morgan fingerprint density at radius 3 is 2.72 bits per heavy atom. The summed E-state index contributed by atoms with van der Waals surface area (Å²) in [6, 6.07) is 14.3. The number of hydrogen-bond acceptors (Lipinski definition) is 4. The van der Waals surface area contributed by atoms with Gasteiger partial charge in [-0.05, 0) is 54.1 Å². The minimum Gasteiger partial charge on any atom is -0.488 e. The fraction of sp³-hybridized carbons (Fsp3) is 0.304. The van der Waals surface area contributed by atoms with E-state index in [9.17, 15) is 0 Å². The van der Waals surface area contributed by atoms with Crippen molar-refractivity contribution in [2.24, 2.45) is 0 Å². The zero-order valence-corrected chi connectivity index (χ0v) is 16.8. The molecule has 1 atom stereocenters. The van der Waals surface area contributed by atoms with Crippen LogP contribution in [0.4, 0.5) is 0 Å². The first kappa shape index (κ1) is 18.6. The van der Waals surface area contributed by atoms with Gasteiger partial charge in [-0.15, -0.1) is 0 Å². The molecule has 1 saturated heterocycles.